The Balaban J connectivity index is 4.36. The molecule has 3 N–H and O–H groups in total. The van der Waals surface area contributed by atoms with Gasteiger partial charge < -0.3 is 11.1 Å². The summed E-state index contributed by atoms with van der Waals surface area (Å²) in [4.78, 5) is 11.8. The molecule has 0 aromatic carbocycles. The van der Waals surface area contributed by atoms with Crippen LogP contribution in [-0.2, 0) is 4.79 Å². The second kappa shape index (κ2) is 6.41. The van der Waals surface area contributed by atoms with Crippen molar-refractivity contribution in [3.8, 4) is 0 Å². The molecule has 2 atom stereocenters. The number of nitrogens with one attached hydrogen (secondary N) is 1. The van der Waals surface area contributed by atoms with Gasteiger partial charge in [0.05, 0.1) is 12.3 Å². The maximum atomic E-state index is 12.1. The quantitative estimate of drug-likeness (QED) is 0.804. The van der Waals surface area contributed by atoms with Crippen molar-refractivity contribution in [3.05, 3.63) is 0 Å². The molecule has 0 fully saturated rings. The van der Waals surface area contributed by atoms with Crippen LogP contribution in [0.5, 0.6) is 0 Å². The van der Waals surface area contributed by atoms with Crippen molar-refractivity contribution in [2.24, 2.45) is 17.1 Å². The minimum Gasteiger partial charge on any atom is -0.353 e. The first-order chi connectivity index (χ1) is 7.94. The molecular formula is C12H23F3N2O. The average molecular weight is 268 g/mol. The minimum atomic E-state index is -4.27. The van der Waals surface area contributed by atoms with E-state index in [-0.39, 0.29) is 12.0 Å². The predicted octanol–water partition coefficient (Wildman–Crippen LogP) is 2.45. The van der Waals surface area contributed by atoms with Gasteiger partial charge in [0, 0.05) is 12.6 Å². The molecule has 3 nitrogen and oxygen atoms in total. The first-order valence-electron chi connectivity index (χ1n) is 6.02. The highest BCUT2D eigenvalue weighted by Crippen LogP contribution is 2.25. The van der Waals surface area contributed by atoms with Gasteiger partial charge in [0.2, 0.25) is 5.91 Å². The number of hydrogen-bond donors (Lipinski definition) is 2. The van der Waals surface area contributed by atoms with E-state index in [0.29, 0.717) is 6.42 Å². The van der Waals surface area contributed by atoms with Crippen LogP contribution in [0.2, 0.25) is 0 Å². The normalized spacial score (nSPS) is 16.2. The van der Waals surface area contributed by atoms with E-state index in [4.69, 9.17) is 5.73 Å². The number of hydrogen-bond acceptors (Lipinski definition) is 2. The molecule has 0 aliphatic heterocycles. The summed E-state index contributed by atoms with van der Waals surface area (Å²) in [5.74, 6) is -0.843. The molecular weight excluding hydrogens is 245 g/mol. The van der Waals surface area contributed by atoms with Gasteiger partial charge in [-0.15, -0.1) is 0 Å². The van der Waals surface area contributed by atoms with Crippen LogP contribution in [0.1, 0.15) is 40.5 Å². The molecule has 0 radical (unpaired) electrons. The molecule has 0 rings (SSSR count). The highest BCUT2D eigenvalue weighted by atomic mass is 19.4. The summed E-state index contributed by atoms with van der Waals surface area (Å²) in [5.41, 5.74) is 5.41. The fourth-order valence-electron chi connectivity index (χ4n) is 1.78. The Kier molecular flexibility index (Phi) is 6.13. The number of halogens is 3. The van der Waals surface area contributed by atoms with Gasteiger partial charge in [0.15, 0.2) is 0 Å². The lowest BCUT2D eigenvalue weighted by Crippen LogP contribution is -2.42. The van der Waals surface area contributed by atoms with Crippen molar-refractivity contribution in [2.75, 3.05) is 6.54 Å². The Hall–Kier alpha value is -0.780. The second-order valence-corrected chi connectivity index (χ2v) is 5.93. The predicted molar refractivity (Wildman–Crippen MR) is 64.9 cm³/mol. The van der Waals surface area contributed by atoms with Gasteiger partial charge >= 0.3 is 6.18 Å². The molecule has 1 amide bonds. The highest BCUT2D eigenvalue weighted by Gasteiger charge is 2.32. The minimum absolute atomic E-state index is 0.0886. The maximum absolute atomic E-state index is 12.1. The number of rotatable bonds is 5. The fraction of sp³-hybridized carbons (Fsp3) is 0.917. The zero-order valence-electron chi connectivity index (χ0n) is 11.4. The first kappa shape index (κ1) is 17.2. The van der Waals surface area contributed by atoms with Crippen molar-refractivity contribution in [1.82, 2.24) is 5.32 Å². The zero-order chi connectivity index (χ0) is 14.6. The summed E-state index contributed by atoms with van der Waals surface area (Å²) in [7, 11) is 0. The van der Waals surface area contributed by atoms with Crippen LogP contribution in [-0.4, -0.2) is 24.7 Å². The Labute approximate surface area is 106 Å². The molecule has 0 saturated heterocycles. The van der Waals surface area contributed by atoms with E-state index in [1.165, 1.54) is 6.92 Å². The number of carbonyl (C=O) groups is 1. The van der Waals surface area contributed by atoms with Gasteiger partial charge in [-0.2, -0.15) is 13.2 Å². The molecule has 18 heavy (non-hydrogen) atoms. The Morgan fingerprint density at radius 1 is 1.22 bits per heavy atom. The van der Waals surface area contributed by atoms with Gasteiger partial charge in [0.1, 0.15) is 0 Å². The molecule has 0 aromatic rings. The number of carbonyl (C=O) groups excluding carboxylic acids is 1. The van der Waals surface area contributed by atoms with Crippen LogP contribution < -0.4 is 11.1 Å². The highest BCUT2D eigenvalue weighted by molar-refractivity contribution is 5.79. The van der Waals surface area contributed by atoms with E-state index in [2.05, 4.69) is 5.32 Å². The molecule has 2 unspecified atom stereocenters. The van der Waals surface area contributed by atoms with Crippen molar-refractivity contribution in [3.63, 3.8) is 0 Å². The number of alkyl halides is 3. The lowest BCUT2D eigenvalue weighted by atomic mass is 9.84. The van der Waals surface area contributed by atoms with E-state index in [1.54, 1.807) is 0 Å². The third-order valence-corrected chi connectivity index (χ3v) is 2.44. The van der Waals surface area contributed by atoms with Gasteiger partial charge in [-0.25, -0.2) is 0 Å². The third kappa shape index (κ3) is 8.33. The van der Waals surface area contributed by atoms with E-state index >= 15 is 0 Å². The molecule has 108 valence electrons. The van der Waals surface area contributed by atoms with Crippen LogP contribution >= 0.6 is 0 Å². The van der Waals surface area contributed by atoms with Crippen LogP contribution in [0.3, 0.4) is 0 Å². The summed E-state index contributed by atoms with van der Waals surface area (Å²) in [6.07, 6.45) is -4.74. The lowest BCUT2D eigenvalue weighted by molar-refractivity contribution is -0.142. The van der Waals surface area contributed by atoms with Crippen LogP contribution in [0.25, 0.3) is 0 Å². The van der Waals surface area contributed by atoms with Crippen LogP contribution in [0.15, 0.2) is 0 Å². The Morgan fingerprint density at radius 2 is 1.72 bits per heavy atom. The van der Waals surface area contributed by atoms with Gasteiger partial charge in [-0.1, -0.05) is 20.8 Å². The molecule has 6 heteroatoms. The van der Waals surface area contributed by atoms with E-state index in [0.717, 1.165) is 0 Å². The Bertz CT molecular complexity index is 271. The van der Waals surface area contributed by atoms with Crippen molar-refractivity contribution in [2.45, 2.75) is 52.8 Å². The van der Waals surface area contributed by atoms with E-state index in [1.807, 2.05) is 20.8 Å². The zero-order valence-corrected chi connectivity index (χ0v) is 11.4. The summed E-state index contributed by atoms with van der Waals surface area (Å²) < 4.78 is 36.4. The molecule has 0 aromatic heterocycles. The van der Waals surface area contributed by atoms with E-state index in [9.17, 15) is 18.0 Å². The summed E-state index contributed by atoms with van der Waals surface area (Å²) in [6.45, 7) is 7.37. The van der Waals surface area contributed by atoms with Crippen molar-refractivity contribution >= 4 is 5.91 Å². The number of nitrogens with two attached hydrogens (primary N) is 1. The topological polar surface area (TPSA) is 55.1 Å². The van der Waals surface area contributed by atoms with Gasteiger partial charge in [0.25, 0.3) is 0 Å². The largest absolute Gasteiger partial charge is 0.391 e. The summed E-state index contributed by atoms with van der Waals surface area (Å²) in [6, 6.07) is -0.925. The van der Waals surface area contributed by atoms with Crippen molar-refractivity contribution < 1.29 is 18.0 Å². The summed E-state index contributed by atoms with van der Waals surface area (Å²) >= 11 is 0. The smallest absolute Gasteiger partial charge is 0.353 e. The monoisotopic (exact) mass is 268 g/mol. The van der Waals surface area contributed by atoms with Crippen molar-refractivity contribution in [1.29, 1.82) is 0 Å². The van der Waals surface area contributed by atoms with Crippen LogP contribution in [0.4, 0.5) is 13.2 Å². The lowest BCUT2D eigenvalue weighted by Gasteiger charge is -2.26. The van der Waals surface area contributed by atoms with Gasteiger partial charge in [-0.3, -0.25) is 4.79 Å². The van der Waals surface area contributed by atoms with Crippen LogP contribution in [0, 0.1) is 11.3 Å². The standard InChI is InChI=1S/C12H23F3N2O/c1-8(5-12(13,14)15)17-10(18)9(7-16)6-11(2,3)4/h8-9H,5-7,16H2,1-4H3,(H,17,18). The Morgan fingerprint density at radius 3 is 2.06 bits per heavy atom. The average Bonchev–Trinajstić information content (AvgIpc) is 2.08. The molecule has 0 bridgehead atoms. The molecule has 0 aliphatic rings. The maximum Gasteiger partial charge on any atom is 0.391 e. The summed E-state index contributed by atoms with van der Waals surface area (Å²) in [5, 5.41) is 2.37. The SMILES string of the molecule is CC(CC(F)(F)F)NC(=O)C(CN)CC(C)(C)C. The molecule has 0 aliphatic carbocycles. The molecule has 0 heterocycles. The second-order valence-electron chi connectivity index (χ2n) is 5.93. The van der Waals surface area contributed by atoms with E-state index < -0.39 is 30.5 Å². The first-order valence-corrected chi connectivity index (χ1v) is 6.02. The molecule has 0 saturated carbocycles. The number of amides is 1. The fourth-order valence-corrected chi connectivity index (χ4v) is 1.78. The third-order valence-electron chi connectivity index (χ3n) is 2.44. The van der Waals surface area contributed by atoms with Gasteiger partial charge in [-0.05, 0) is 18.8 Å². The molecule has 0 spiro atoms.